The fraction of sp³-hybridized carbons (Fsp3) is 0.111. The van der Waals surface area contributed by atoms with Crippen molar-refractivity contribution < 1.29 is 24.1 Å². The van der Waals surface area contributed by atoms with Crippen LogP contribution < -0.4 is 19.5 Å². The highest BCUT2D eigenvalue weighted by molar-refractivity contribution is 6.09. The average molecular weight is 338 g/mol. The number of rotatable bonds is 4. The summed E-state index contributed by atoms with van der Waals surface area (Å²) in [6.45, 7) is 0.109. The van der Waals surface area contributed by atoms with Crippen LogP contribution in [0.2, 0.25) is 0 Å². The van der Waals surface area contributed by atoms with E-state index in [2.05, 4.69) is 5.32 Å². The van der Waals surface area contributed by atoms with Crippen LogP contribution >= 0.6 is 0 Å². The summed E-state index contributed by atoms with van der Waals surface area (Å²) in [6.07, 6.45) is 1.41. The summed E-state index contributed by atoms with van der Waals surface area (Å²) < 4.78 is 15.9. The number of nitrogens with one attached hydrogen (secondary N) is 1. The summed E-state index contributed by atoms with van der Waals surface area (Å²) in [6, 6.07) is 11.1. The van der Waals surface area contributed by atoms with Gasteiger partial charge in [0.2, 0.25) is 6.79 Å². The molecule has 1 aliphatic rings. The fourth-order valence-corrected chi connectivity index (χ4v) is 2.28. The first kappa shape index (κ1) is 16.2. The van der Waals surface area contributed by atoms with Crippen LogP contribution in [0.5, 0.6) is 23.0 Å². The first-order valence-corrected chi connectivity index (χ1v) is 7.30. The van der Waals surface area contributed by atoms with Crippen LogP contribution in [0.15, 0.2) is 42.0 Å². The van der Waals surface area contributed by atoms with Gasteiger partial charge in [0.1, 0.15) is 23.1 Å². The van der Waals surface area contributed by atoms with Crippen LogP contribution in [0, 0.1) is 11.3 Å². The van der Waals surface area contributed by atoms with E-state index in [4.69, 9.17) is 14.2 Å². The number of methoxy groups -OCH3 is 1. The summed E-state index contributed by atoms with van der Waals surface area (Å²) in [5.74, 6) is 1.02. The van der Waals surface area contributed by atoms with Crippen LogP contribution in [-0.2, 0) is 4.79 Å². The lowest BCUT2D eigenvalue weighted by Crippen LogP contribution is -2.13. The predicted molar refractivity (Wildman–Crippen MR) is 89.4 cm³/mol. The molecule has 1 heterocycles. The molecule has 0 spiro atoms. The quantitative estimate of drug-likeness (QED) is 0.505. The Morgan fingerprint density at radius 2 is 1.96 bits per heavy atom. The highest BCUT2D eigenvalue weighted by Crippen LogP contribution is 2.38. The Morgan fingerprint density at radius 3 is 2.60 bits per heavy atom. The maximum absolute atomic E-state index is 12.3. The van der Waals surface area contributed by atoms with Crippen molar-refractivity contribution in [2.45, 2.75) is 0 Å². The van der Waals surface area contributed by atoms with Crippen molar-refractivity contribution >= 4 is 17.7 Å². The lowest BCUT2D eigenvalue weighted by molar-refractivity contribution is -0.112. The van der Waals surface area contributed by atoms with Crippen molar-refractivity contribution in [3.05, 3.63) is 47.5 Å². The number of carbonyl (C=O) groups is 1. The summed E-state index contributed by atoms with van der Waals surface area (Å²) in [5, 5.41) is 21.2. The molecule has 1 amide bonds. The molecule has 126 valence electrons. The van der Waals surface area contributed by atoms with Crippen LogP contribution in [0.4, 0.5) is 5.69 Å². The molecule has 0 aliphatic carbocycles. The molecule has 0 unspecified atom stereocenters. The molecule has 7 nitrogen and oxygen atoms in total. The zero-order valence-corrected chi connectivity index (χ0v) is 13.3. The number of nitrogens with zero attached hydrogens (tertiary/aromatic N) is 1. The number of benzene rings is 2. The topological polar surface area (TPSA) is 101 Å². The van der Waals surface area contributed by atoms with Crippen LogP contribution in [0.1, 0.15) is 5.56 Å². The minimum Gasteiger partial charge on any atom is -0.508 e. The third-order valence-corrected chi connectivity index (χ3v) is 3.52. The molecule has 2 aromatic carbocycles. The van der Waals surface area contributed by atoms with E-state index in [9.17, 15) is 15.2 Å². The molecule has 0 saturated heterocycles. The molecule has 0 saturated carbocycles. The largest absolute Gasteiger partial charge is 0.508 e. The highest BCUT2D eigenvalue weighted by atomic mass is 16.7. The van der Waals surface area contributed by atoms with Gasteiger partial charge in [-0.15, -0.1) is 0 Å². The van der Waals surface area contributed by atoms with E-state index < -0.39 is 5.91 Å². The van der Waals surface area contributed by atoms with Crippen molar-refractivity contribution in [1.82, 2.24) is 0 Å². The van der Waals surface area contributed by atoms with E-state index in [0.29, 0.717) is 28.5 Å². The number of nitriles is 1. The molecular formula is C18H14N2O5. The summed E-state index contributed by atoms with van der Waals surface area (Å²) in [5.41, 5.74) is 0.871. The molecule has 0 fully saturated rings. The minimum absolute atomic E-state index is 0.0825. The number of ether oxygens (including phenoxy) is 3. The van der Waals surface area contributed by atoms with E-state index in [1.807, 2.05) is 6.07 Å². The van der Waals surface area contributed by atoms with Gasteiger partial charge in [-0.3, -0.25) is 4.79 Å². The number of anilines is 1. The number of fused-ring (bicyclic) bond motifs is 1. The van der Waals surface area contributed by atoms with Gasteiger partial charge in [0, 0.05) is 17.3 Å². The first-order valence-electron chi connectivity index (χ1n) is 7.30. The molecule has 25 heavy (non-hydrogen) atoms. The number of phenols is 1. The fourth-order valence-electron chi connectivity index (χ4n) is 2.28. The third-order valence-electron chi connectivity index (χ3n) is 3.52. The number of aromatic hydroxyl groups is 1. The van der Waals surface area contributed by atoms with E-state index in [-0.39, 0.29) is 18.1 Å². The maximum Gasteiger partial charge on any atom is 0.266 e. The molecular weight excluding hydrogens is 324 g/mol. The Bertz CT molecular complexity index is 882. The van der Waals surface area contributed by atoms with Crippen molar-refractivity contribution in [2.24, 2.45) is 0 Å². The zero-order valence-electron chi connectivity index (χ0n) is 13.3. The van der Waals surface area contributed by atoms with Crippen molar-refractivity contribution in [3.63, 3.8) is 0 Å². The number of phenolic OH excluding ortho intramolecular Hbond substituents is 1. The normalized spacial score (nSPS) is 12.4. The Kier molecular flexibility index (Phi) is 4.44. The van der Waals surface area contributed by atoms with Crippen LogP contribution in [0.25, 0.3) is 6.08 Å². The SMILES string of the molecule is COc1cc2c(cc1/C=C(/C#N)C(=O)Nc1ccc(O)cc1)OCO2. The van der Waals surface area contributed by atoms with Crippen LogP contribution in [0.3, 0.4) is 0 Å². The Balaban J connectivity index is 1.88. The lowest BCUT2D eigenvalue weighted by atomic mass is 10.1. The van der Waals surface area contributed by atoms with Gasteiger partial charge in [-0.25, -0.2) is 0 Å². The molecule has 1 aliphatic heterocycles. The van der Waals surface area contributed by atoms with Gasteiger partial charge in [0.05, 0.1) is 7.11 Å². The van der Waals surface area contributed by atoms with Gasteiger partial charge < -0.3 is 24.6 Å². The number of amides is 1. The minimum atomic E-state index is -0.576. The van der Waals surface area contributed by atoms with Gasteiger partial charge in [-0.2, -0.15) is 5.26 Å². The van der Waals surface area contributed by atoms with E-state index >= 15 is 0 Å². The number of hydrogen-bond donors (Lipinski definition) is 2. The molecule has 0 radical (unpaired) electrons. The summed E-state index contributed by atoms with van der Waals surface area (Å²) >= 11 is 0. The highest BCUT2D eigenvalue weighted by Gasteiger charge is 2.18. The van der Waals surface area contributed by atoms with E-state index in [1.54, 1.807) is 12.1 Å². The molecule has 3 rings (SSSR count). The Morgan fingerprint density at radius 1 is 1.28 bits per heavy atom. The first-order chi connectivity index (χ1) is 12.1. The van der Waals surface area contributed by atoms with Crippen molar-refractivity contribution in [2.75, 3.05) is 19.2 Å². The summed E-state index contributed by atoms with van der Waals surface area (Å²) in [7, 11) is 1.48. The molecule has 2 aromatic rings. The zero-order chi connectivity index (χ0) is 17.8. The average Bonchev–Trinajstić information content (AvgIpc) is 3.07. The van der Waals surface area contributed by atoms with Gasteiger partial charge in [0.15, 0.2) is 11.5 Å². The predicted octanol–water partition coefficient (Wildman–Crippen LogP) is 2.68. The molecule has 7 heteroatoms. The molecule has 2 N–H and O–H groups in total. The van der Waals surface area contributed by atoms with Gasteiger partial charge >= 0.3 is 0 Å². The standard InChI is InChI=1S/C18H14N2O5/c1-23-15-8-17-16(24-10-25-17)7-11(15)6-12(9-19)18(22)20-13-2-4-14(21)5-3-13/h2-8,21H,10H2,1H3,(H,20,22)/b12-6-. The van der Waals surface area contributed by atoms with Crippen molar-refractivity contribution in [1.29, 1.82) is 5.26 Å². The number of carbonyl (C=O) groups excluding carboxylic acids is 1. The van der Waals surface area contributed by atoms with Gasteiger partial charge in [-0.1, -0.05) is 0 Å². The summed E-state index contributed by atoms with van der Waals surface area (Å²) in [4.78, 5) is 12.3. The number of hydrogen-bond acceptors (Lipinski definition) is 6. The smallest absolute Gasteiger partial charge is 0.266 e. The van der Waals surface area contributed by atoms with Gasteiger partial charge in [-0.05, 0) is 36.4 Å². The molecule has 0 atom stereocenters. The van der Waals surface area contributed by atoms with Crippen molar-refractivity contribution in [3.8, 4) is 29.1 Å². The second-order valence-corrected chi connectivity index (χ2v) is 5.12. The molecule has 0 bridgehead atoms. The third kappa shape index (κ3) is 3.48. The van der Waals surface area contributed by atoms with Gasteiger partial charge in [0.25, 0.3) is 5.91 Å². The van der Waals surface area contributed by atoms with E-state index in [1.165, 1.54) is 37.5 Å². The monoisotopic (exact) mass is 338 g/mol. The Labute approximate surface area is 143 Å². The van der Waals surface area contributed by atoms with E-state index in [0.717, 1.165) is 0 Å². The van der Waals surface area contributed by atoms with Crippen LogP contribution in [-0.4, -0.2) is 24.9 Å². The Hall–Kier alpha value is -3.66. The second kappa shape index (κ2) is 6.84. The second-order valence-electron chi connectivity index (χ2n) is 5.12. The molecule has 0 aromatic heterocycles. The lowest BCUT2D eigenvalue weighted by Gasteiger charge is -2.08. The maximum atomic E-state index is 12.3.